The number of thiophene rings is 1. The zero-order valence-electron chi connectivity index (χ0n) is 6.16. The van der Waals surface area contributed by atoms with Gasteiger partial charge in [0.25, 0.3) is 0 Å². The highest BCUT2D eigenvalue weighted by Crippen LogP contribution is 2.18. The molecule has 1 atom stereocenters. The lowest BCUT2D eigenvalue weighted by molar-refractivity contribution is 0.285. The van der Waals surface area contributed by atoms with E-state index in [2.05, 4.69) is 0 Å². The van der Waals surface area contributed by atoms with E-state index >= 15 is 0 Å². The molecule has 5 N–H and O–H groups in total. The molecule has 0 fully saturated rings. The minimum Gasteiger partial charge on any atom is -0.391 e. The van der Waals surface area contributed by atoms with E-state index in [9.17, 15) is 0 Å². The van der Waals surface area contributed by atoms with Crippen LogP contribution < -0.4 is 11.5 Å². The van der Waals surface area contributed by atoms with Gasteiger partial charge in [0.05, 0.1) is 6.61 Å². The Kier molecular flexibility index (Phi) is 3.02. The number of rotatable bonds is 3. The summed E-state index contributed by atoms with van der Waals surface area (Å²) in [5, 5.41) is 10.7. The van der Waals surface area contributed by atoms with E-state index in [-0.39, 0.29) is 12.6 Å². The van der Waals surface area contributed by atoms with Crippen LogP contribution >= 0.6 is 11.3 Å². The molecule has 0 radical (unpaired) electrons. The summed E-state index contributed by atoms with van der Waals surface area (Å²) in [7, 11) is 0. The van der Waals surface area contributed by atoms with Gasteiger partial charge in [0.2, 0.25) is 0 Å². The summed E-state index contributed by atoms with van der Waals surface area (Å²) in [4.78, 5) is 0.934. The van der Waals surface area contributed by atoms with E-state index in [1.165, 1.54) is 11.3 Å². The summed E-state index contributed by atoms with van der Waals surface area (Å²) >= 11 is 1.51. The van der Waals surface area contributed by atoms with Gasteiger partial charge < -0.3 is 16.6 Å². The summed E-state index contributed by atoms with van der Waals surface area (Å²) < 4.78 is 0. The van der Waals surface area contributed by atoms with E-state index in [0.717, 1.165) is 10.4 Å². The van der Waals surface area contributed by atoms with Crippen LogP contribution in [-0.2, 0) is 6.61 Å². The first-order valence-electron chi connectivity index (χ1n) is 3.41. The topological polar surface area (TPSA) is 72.3 Å². The minimum atomic E-state index is -0.0912. The SMILES string of the molecule is NCC(N)c1csc(CO)c1. The van der Waals surface area contributed by atoms with Gasteiger partial charge in [-0.25, -0.2) is 0 Å². The van der Waals surface area contributed by atoms with E-state index in [0.29, 0.717) is 6.54 Å². The zero-order valence-corrected chi connectivity index (χ0v) is 6.97. The predicted molar refractivity (Wildman–Crippen MR) is 46.2 cm³/mol. The van der Waals surface area contributed by atoms with Gasteiger partial charge in [0.15, 0.2) is 0 Å². The Morgan fingerprint density at radius 1 is 1.64 bits per heavy atom. The maximum absolute atomic E-state index is 8.74. The highest BCUT2D eigenvalue weighted by atomic mass is 32.1. The van der Waals surface area contributed by atoms with E-state index < -0.39 is 0 Å². The Labute approximate surface area is 69.6 Å². The van der Waals surface area contributed by atoms with Gasteiger partial charge in [-0.3, -0.25) is 0 Å². The molecule has 0 saturated carbocycles. The molecular weight excluding hydrogens is 160 g/mol. The molecule has 0 amide bonds. The molecule has 3 nitrogen and oxygen atoms in total. The van der Waals surface area contributed by atoms with Crippen molar-refractivity contribution in [2.45, 2.75) is 12.6 Å². The quantitative estimate of drug-likeness (QED) is 0.610. The molecule has 0 spiro atoms. The van der Waals surface area contributed by atoms with E-state index in [1.54, 1.807) is 0 Å². The molecule has 0 aliphatic heterocycles. The number of hydrogen-bond acceptors (Lipinski definition) is 4. The second kappa shape index (κ2) is 3.82. The average Bonchev–Trinajstić information content (AvgIpc) is 2.50. The van der Waals surface area contributed by atoms with Crippen LogP contribution in [0.1, 0.15) is 16.5 Å². The summed E-state index contributed by atoms with van der Waals surface area (Å²) in [5.74, 6) is 0. The lowest BCUT2D eigenvalue weighted by Crippen LogP contribution is -2.19. The Morgan fingerprint density at radius 2 is 2.36 bits per heavy atom. The Hall–Kier alpha value is -0.420. The molecule has 1 rings (SSSR count). The lowest BCUT2D eigenvalue weighted by atomic mass is 10.1. The van der Waals surface area contributed by atoms with Gasteiger partial charge in [0.1, 0.15) is 0 Å². The molecule has 0 aliphatic carbocycles. The standard InChI is InChI=1S/C7H12N2OS/c8-2-7(9)5-1-6(3-10)11-4-5/h1,4,7,10H,2-3,8-9H2. The first-order valence-corrected chi connectivity index (χ1v) is 4.29. The van der Waals surface area contributed by atoms with Crippen LogP contribution in [0.15, 0.2) is 11.4 Å². The molecule has 1 aromatic heterocycles. The molecular formula is C7H12N2OS. The van der Waals surface area contributed by atoms with Crippen LogP contribution in [0.5, 0.6) is 0 Å². The molecule has 1 unspecified atom stereocenters. The van der Waals surface area contributed by atoms with Gasteiger partial charge in [-0.2, -0.15) is 0 Å². The van der Waals surface area contributed by atoms with Crippen LogP contribution in [0.4, 0.5) is 0 Å². The maximum Gasteiger partial charge on any atom is 0.0774 e. The number of aliphatic hydroxyl groups excluding tert-OH is 1. The summed E-state index contributed by atoms with van der Waals surface area (Å²) in [6.07, 6.45) is 0. The van der Waals surface area contributed by atoms with Crippen molar-refractivity contribution < 1.29 is 5.11 Å². The normalized spacial score (nSPS) is 13.4. The maximum atomic E-state index is 8.74. The Balaban J connectivity index is 2.71. The molecule has 0 saturated heterocycles. The predicted octanol–water partition coefficient (Wildman–Crippen LogP) is 0.199. The zero-order chi connectivity index (χ0) is 8.27. The third-order valence-electron chi connectivity index (χ3n) is 1.51. The van der Waals surface area contributed by atoms with Crippen molar-refractivity contribution in [2.24, 2.45) is 11.5 Å². The van der Waals surface area contributed by atoms with Crippen molar-refractivity contribution in [3.63, 3.8) is 0 Å². The monoisotopic (exact) mass is 172 g/mol. The number of nitrogens with two attached hydrogens (primary N) is 2. The van der Waals surface area contributed by atoms with Crippen LogP contribution in [0, 0.1) is 0 Å². The lowest BCUT2D eigenvalue weighted by Gasteiger charge is -2.03. The van der Waals surface area contributed by atoms with Crippen LogP contribution in [0.3, 0.4) is 0 Å². The van der Waals surface area contributed by atoms with Crippen molar-refractivity contribution in [1.82, 2.24) is 0 Å². The molecule has 0 aromatic carbocycles. The summed E-state index contributed by atoms with van der Waals surface area (Å²) in [5.41, 5.74) is 12.0. The van der Waals surface area contributed by atoms with Crippen LogP contribution in [-0.4, -0.2) is 11.7 Å². The van der Waals surface area contributed by atoms with Crippen LogP contribution in [0.25, 0.3) is 0 Å². The molecule has 4 heteroatoms. The first-order chi connectivity index (χ1) is 5.27. The largest absolute Gasteiger partial charge is 0.391 e. The fourth-order valence-electron chi connectivity index (χ4n) is 0.811. The van der Waals surface area contributed by atoms with Gasteiger partial charge >= 0.3 is 0 Å². The van der Waals surface area contributed by atoms with Gasteiger partial charge in [-0.1, -0.05) is 0 Å². The third-order valence-corrected chi connectivity index (χ3v) is 2.45. The van der Waals surface area contributed by atoms with E-state index in [1.807, 2.05) is 11.4 Å². The molecule has 1 heterocycles. The van der Waals surface area contributed by atoms with Crippen molar-refractivity contribution in [1.29, 1.82) is 0 Å². The molecule has 62 valence electrons. The van der Waals surface area contributed by atoms with Crippen molar-refractivity contribution in [2.75, 3.05) is 6.54 Å². The molecule has 11 heavy (non-hydrogen) atoms. The van der Waals surface area contributed by atoms with Crippen molar-refractivity contribution in [3.05, 3.63) is 21.9 Å². The smallest absolute Gasteiger partial charge is 0.0774 e. The van der Waals surface area contributed by atoms with Crippen LogP contribution in [0.2, 0.25) is 0 Å². The highest BCUT2D eigenvalue weighted by Gasteiger charge is 2.05. The summed E-state index contributed by atoms with van der Waals surface area (Å²) in [6, 6.07) is 1.80. The minimum absolute atomic E-state index is 0.0853. The number of aliphatic hydroxyl groups is 1. The number of hydrogen-bond donors (Lipinski definition) is 3. The fraction of sp³-hybridized carbons (Fsp3) is 0.429. The van der Waals surface area contributed by atoms with Gasteiger partial charge in [-0.15, -0.1) is 11.3 Å². The van der Waals surface area contributed by atoms with Gasteiger partial charge in [-0.05, 0) is 17.0 Å². The van der Waals surface area contributed by atoms with Crippen molar-refractivity contribution in [3.8, 4) is 0 Å². The third kappa shape index (κ3) is 2.00. The molecule has 1 aromatic rings. The van der Waals surface area contributed by atoms with Crippen molar-refractivity contribution >= 4 is 11.3 Å². The molecule has 0 aliphatic rings. The van der Waals surface area contributed by atoms with E-state index in [4.69, 9.17) is 16.6 Å². The second-order valence-corrected chi connectivity index (χ2v) is 3.34. The fourth-order valence-corrected chi connectivity index (χ4v) is 1.62. The highest BCUT2D eigenvalue weighted by molar-refractivity contribution is 7.10. The second-order valence-electron chi connectivity index (χ2n) is 2.35. The Bertz CT molecular complexity index is 224. The first kappa shape index (κ1) is 8.67. The average molecular weight is 172 g/mol. The summed E-state index contributed by atoms with van der Waals surface area (Å²) in [6.45, 7) is 0.531. The van der Waals surface area contributed by atoms with Gasteiger partial charge in [0, 0.05) is 17.5 Å². The Morgan fingerprint density at radius 3 is 2.82 bits per heavy atom. The molecule has 0 bridgehead atoms.